The number of hydrogen-bond donors (Lipinski definition) is 3. The molecule has 4 atom stereocenters. The zero-order valence-corrected chi connectivity index (χ0v) is 37.4. The van der Waals surface area contributed by atoms with E-state index in [1.54, 1.807) is 22.6 Å². The fraction of sp³-hybridized carbons (Fsp3) is 0.553. The summed E-state index contributed by atoms with van der Waals surface area (Å²) in [6.07, 6.45) is 5.79. The molecule has 4 saturated heterocycles. The molecule has 20 heteroatoms. The van der Waals surface area contributed by atoms with Crippen molar-refractivity contribution in [2.24, 2.45) is 18.9 Å². The van der Waals surface area contributed by atoms with E-state index in [0.29, 0.717) is 67.4 Å². The van der Waals surface area contributed by atoms with Gasteiger partial charge in [-0.05, 0) is 50.2 Å². The van der Waals surface area contributed by atoms with E-state index in [1.165, 1.54) is 16.9 Å². The molecule has 4 aromatic heterocycles. The van der Waals surface area contributed by atoms with Crippen LogP contribution in [0.25, 0.3) is 16.6 Å². The average Bonchev–Trinajstić information content (AvgIpc) is 3.62. The van der Waals surface area contributed by atoms with E-state index in [0.717, 1.165) is 62.2 Å². The predicted molar refractivity (Wildman–Crippen MR) is 238 cm³/mol. The second-order valence-electron chi connectivity index (χ2n) is 19.4. The van der Waals surface area contributed by atoms with E-state index in [-0.39, 0.29) is 54.6 Å². The van der Waals surface area contributed by atoms with Gasteiger partial charge in [0.25, 0.3) is 12.3 Å². The van der Waals surface area contributed by atoms with Crippen molar-refractivity contribution in [2.45, 2.75) is 93.6 Å². The number of likely N-dealkylation sites (tertiary alicyclic amines) is 1. The first-order valence-electron chi connectivity index (χ1n) is 23.3. The maximum Gasteiger partial charge on any atom is 0.284 e. The van der Waals surface area contributed by atoms with Gasteiger partial charge in [-0.3, -0.25) is 34.0 Å². The number of aromatic nitrogens is 7. The first kappa shape index (κ1) is 43.7. The summed E-state index contributed by atoms with van der Waals surface area (Å²) in [6.45, 7) is 6.78. The number of aryl methyl sites for hydroxylation is 1. The van der Waals surface area contributed by atoms with Crippen molar-refractivity contribution < 1.29 is 37.0 Å². The first-order chi connectivity index (χ1) is 32.3. The second kappa shape index (κ2) is 17.0. The smallest absolute Gasteiger partial charge is 0.284 e. The Morgan fingerprint density at radius 3 is 2.64 bits per heavy atom. The van der Waals surface area contributed by atoms with E-state index in [2.05, 4.69) is 52.9 Å². The van der Waals surface area contributed by atoms with Crippen LogP contribution in [0.5, 0.6) is 0 Å². The van der Waals surface area contributed by atoms with Crippen LogP contribution < -0.4 is 20.9 Å². The van der Waals surface area contributed by atoms with Gasteiger partial charge in [-0.15, -0.1) is 0 Å². The number of para-hydroxylation sites is 1. The summed E-state index contributed by atoms with van der Waals surface area (Å²) in [7, 11) is 1.80. The SMILES string of the molecule is CC1CN(CC2CCC(n3cc(NC(=O)c4cnn5ccc(N6CC(NC7COC7)C6)nc45)c(C(F)F)n3)CC2)C[C@]2(F)C[C@]12OCC#Cc1cccc2c(C3CCC(=O)NC3=O)nn(C)c12. The summed E-state index contributed by atoms with van der Waals surface area (Å²) in [5.74, 6) is 5.51. The lowest BCUT2D eigenvalue weighted by Gasteiger charge is -2.43. The van der Waals surface area contributed by atoms with Crippen molar-refractivity contribution in [3.8, 4) is 11.8 Å². The Balaban J connectivity index is 0.676. The Labute approximate surface area is 384 Å². The molecule has 3 amide bonds. The maximum atomic E-state index is 16.5. The third kappa shape index (κ3) is 8.02. The number of carbonyl (C=O) groups is 3. The van der Waals surface area contributed by atoms with Crippen LogP contribution in [0.15, 0.2) is 42.9 Å². The van der Waals surface area contributed by atoms with Gasteiger partial charge in [-0.2, -0.15) is 15.3 Å². The molecule has 6 aliphatic rings. The standard InChI is InChI=1S/C47H53F3N12O5/c1-27-18-59(26-46(50)25-47(27,46)67-16-4-6-29-5-3-7-33-39(56-58(2)41(29)33)34-12-13-38(63)55-44(34)64)19-28-8-10-32(11-9-28)62-22-36(40(57-62)42(48)49)53-45(65)35-17-51-61-15-14-37(54-43(35)61)60-20-30(21-60)52-31-23-66-24-31/h3,5,7,14-15,17,22,27-28,30-32,34,42,52H,8-13,16,18-21,23-26H2,1-2H3,(H,53,65)(H,55,63,64)/t27?,28?,32?,34?,46-,47+/m1/s1. The first-order valence-corrected chi connectivity index (χ1v) is 23.3. The fourth-order valence-electron chi connectivity index (χ4n) is 11.2. The highest BCUT2D eigenvalue weighted by molar-refractivity contribution is 6.08. The van der Waals surface area contributed by atoms with Crippen LogP contribution in [0.4, 0.5) is 24.7 Å². The minimum Gasteiger partial charge on any atom is -0.378 e. The second-order valence-corrected chi connectivity index (χ2v) is 19.4. The molecule has 4 aliphatic heterocycles. The van der Waals surface area contributed by atoms with Crippen LogP contribution in [0.2, 0.25) is 0 Å². The van der Waals surface area contributed by atoms with Crippen LogP contribution >= 0.6 is 0 Å². The van der Waals surface area contributed by atoms with Crippen molar-refractivity contribution in [3.63, 3.8) is 0 Å². The molecular formula is C47H53F3N12O5. The lowest BCUT2D eigenvalue weighted by Crippen LogP contribution is -2.63. The summed E-state index contributed by atoms with van der Waals surface area (Å²) in [5, 5.41) is 22.6. The molecular weight excluding hydrogens is 870 g/mol. The zero-order chi connectivity index (χ0) is 46.2. The van der Waals surface area contributed by atoms with Gasteiger partial charge in [0, 0.05) is 82.4 Å². The monoisotopic (exact) mass is 922 g/mol. The molecule has 2 saturated carbocycles. The van der Waals surface area contributed by atoms with E-state index in [4.69, 9.17) is 14.5 Å². The van der Waals surface area contributed by atoms with Gasteiger partial charge < -0.3 is 25.0 Å². The van der Waals surface area contributed by atoms with Crippen molar-refractivity contribution in [1.82, 2.24) is 49.7 Å². The normalized spacial score (nSPS) is 27.9. The topological polar surface area (TPSA) is 178 Å². The third-order valence-corrected chi connectivity index (χ3v) is 14.9. The highest BCUT2D eigenvalue weighted by Crippen LogP contribution is 2.61. The number of benzene rings is 1. The molecule has 5 aromatic rings. The summed E-state index contributed by atoms with van der Waals surface area (Å²) in [5.41, 5.74) is -0.289. The minimum atomic E-state index is -2.90. The number of ether oxygens (including phenoxy) is 2. The molecule has 2 unspecified atom stereocenters. The van der Waals surface area contributed by atoms with Gasteiger partial charge in [0.1, 0.15) is 23.6 Å². The van der Waals surface area contributed by atoms with Gasteiger partial charge in [-0.1, -0.05) is 30.9 Å². The number of alkyl halides is 3. The Morgan fingerprint density at radius 2 is 1.90 bits per heavy atom. The summed E-state index contributed by atoms with van der Waals surface area (Å²) in [4.78, 5) is 47.0. The van der Waals surface area contributed by atoms with E-state index < -0.39 is 35.2 Å². The van der Waals surface area contributed by atoms with E-state index in [1.807, 2.05) is 31.2 Å². The quantitative estimate of drug-likeness (QED) is 0.120. The fourth-order valence-corrected chi connectivity index (χ4v) is 11.2. The Bertz CT molecular complexity index is 2820. The van der Waals surface area contributed by atoms with Crippen LogP contribution in [0.3, 0.4) is 0 Å². The van der Waals surface area contributed by atoms with Crippen LogP contribution in [-0.4, -0.2) is 133 Å². The molecule has 67 heavy (non-hydrogen) atoms. The number of hydrogen-bond acceptors (Lipinski definition) is 12. The molecule has 1 aromatic carbocycles. The van der Waals surface area contributed by atoms with E-state index in [9.17, 15) is 23.2 Å². The Kier molecular flexibility index (Phi) is 11.1. The van der Waals surface area contributed by atoms with Crippen LogP contribution in [0, 0.1) is 23.7 Å². The number of halogens is 3. The molecule has 352 valence electrons. The largest absolute Gasteiger partial charge is 0.378 e. The van der Waals surface area contributed by atoms with Gasteiger partial charge in [0.15, 0.2) is 17.0 Å². The molecule has 17 nitrogen and oxygen atoms in total. The number of piperidine rings is 2. The third-order valence-electron chi connectivity index (χ3n) is 14.9. The maximum absolute atomic E-state index is 16.5. The number of rotatable bonds is 12. The summed E-state index contributed by atoms with van der Waals surface area (Å²) >= 11 is 0. The number of nitrogens with zero attached hydrogens (tertiary/aromatic N) is 9. The molecule has 8 heterocycles. The van der Waals surface area contributed by atoms with Crippen LogP contribution in [-0.2, 0) is 26.1 Å². The minimum absolute atomic E-state index is 0.0441. The molecule has 3 N–H and O–H groups in total. The number of anilines is 2. The van der Waals surface area contributed by atoms with Gasteiger partial charge in [0.2, 0.25) is 11.8 Å². The number of fused-ring (bicyclic) bond motifs is 3. The number of imide groups is 1. The van der Waals surface area contributed by atoms with Gasteiger partial charge in [-0.25, -0.2) is 22.7 Å². The summed E-state index contributed by atoms with van der Waals surface area (Å²) in [6, 6.07) is 8.08. The molecule has 11 rings (SSSR count). The van der Waals surface area contributed by atoms with Crippen molar-refractivity contribution in [3.05, 3.63) is 65.4 Å². The number of carbonyl (C=O) groups excluding carboxylic acids is 3. The highest BCUT2D eigenvalue weighted by Gasteiger charge is 2.75. The number of nitrogens with one attached hydrogen (secondary N) is 3. The van der Waals surface area contributed by atoms with Crippen molar-refractivity contribution in [2.75, 3.05) is 62.8 Å². The number of amides is 3. The molecule has 2 aliphatic carbocycles. The zero-order valence-electron chi connectivity index (χ0n) is 37.4. The molecule has 0 bridgehead atoms. The average molecular weight is 923 g/mol. The molecule has 0 radical (unpaired) electrons. The molecule has 0 spiro atoms. The Hall–Kier alpha value is -5.88. The van der Waals surface area contributed by atoms with Crippen LogP contribution in [0.1, 0.15) is 97.6 Å². The van der Waals surface area contributed by atoms with E-state index >= 15 is 4.39 Å². The van der Waals surface area contributed by atoms with Gasteiger partial charge in [0.05, 0.1) is 59.9 Å². The highest BCUT2D eigenvalue weighted by atomic mass is 19.3. The van der Waals surface area contributed by atoms with Gasteiger partial charge >= 0.3 is 0 Å². The van der Waals surface area contributed by atoms with Crippen molar-refractivity contribution >= 4 is 45.8 Å². The predicted octanol–water partition coefficient (Wildman–Crippen LogP) is 4.30. The molecule has 6 fully saturated rings. The summed E-state index contributed by atoms with van der Waals surface area (Å²) < 4.78 is 61.5. The van der Waals surface area contributed by atoms with Crippen molar-refractivity contribution in [1.29, 1.82) is 0 Å². The lowest BCUT2D eigenvalue weighted by atomic mass is 9.84. The Morgan fingerprint density at radius 1 is 1.07 bits per heavy atom. The lowest BCUT2D eigenvalue weighted by molar-refractivity contribution is -0.134.